The number of amides is 1. The van der Waals surface area contributed by atoms with Crippen molar-refractivity contribution in [2.45, 2.75) is 13.1 Å². The van der Waals surface area contributed by atoms with Gasteiger partial charge >= 0.3 is 5.88 Å². The highest BCUT2D eigenvalue weighted by atomic mass is 16.6. The molecule has 0 aliphatic rings. The van der Waals surface area contributed by atoms with E-state index in [1.165, 1.54) is 23.3 Å². The first-order valence-corrected chi connectivity index (χ1v) is 10.4. The van der Waals surface area contributed by atoms with E-state index in [4.69, 9.17) is 4.42 Å². The van der Waals surface area contributed by atoms with E-state index in [1.54, 1.807) is 4.57 Å². The van der Waals surface area contributed by atoms with E-state index in [0.717, 1.165) is 22.4 Å². The van der Waals surface area contributed by atoms with Gasteiger partial charge in [0, 0.05) is 6.54 Å². The summed E-state index contributed by atoms with van der Waals surface area (Å²) in [5.74, 6) is -1.26. The van der Waals surface area contributed by atoms with Gasteiger partial charge in [0.15, 0.2) is 11.4 Å². The van der Waals surface area contributed by atoms with E-state index < -0.39 is 16.7 Å². The third-order valence-electron chi connectivity index (χ3n) is 5.45. The Balaban J connectivity index is 1.31. The Hall–Kier alpha value is -4.80. The molecule has 2 aromatic carbocycles. The number of nitrogens with zero attached hydrogens (tertiary/aromatic N) is 5. The third kappa shape index (κ3) is 3.90. The Kier molecular flexibility index (Phi) is 5.34. The molecule has 0 aliphatic carbocycles. The van der Waals surface area contributed by atoms with Crippen molar-refractivity contribution in [3.8, 4) is 0 Å². The van der Waals surface area contributed by atoms with E-state index in [2.05, 4.69) is 15.4 Å². The molecular formula is C23H18N6O5. The molecule has 170 valence electrons. The summed E-state index contributed by atoms with van der Waals surface area (Å²) in [7, 11) is 0. The maximum absolute atomic E-state index is 13.0. The highest BCUT2D eigenvalue weighted by molar-refractivity contribution is 5.91. The van der Waals surface area contributed by atoms with Crippen LogP contribution in [0.25, 0.3) is 21.8 Å². The molecule has 0 radical (unpaired) electrons. The Labute approximate surface area is 191 Å². The van der Waals surface area contributed by atoms with Gasteiger partial charge in [-0.25, -0.2) is 9.67 Å². The Morgan fingerprint density at radius 3 is 2.74 bits per heavy atom. The minimum absolute atomic E-state index is 0.158. The monoisotopic (exact) mass is 458 g/mol. The lowest BCUT2D eigenvalue weighted by atomic mass is 10.0. The number of furan rings is 1. The van der Waals surface area contributed by atoms with Crippen molar-refractivity contribution >= 4 is 33.6 Å². The van der Waals surface area contributed by atoms with Crippen LogP contribution in [-0.4, -0.2) is 36.7 Å². The first-order chi connectivity index (χ1) is 16.5. The van der Waals surface area contributed by atoms with Gasteiger partial charge in [0.25, 0.3) is 11.5 Å². The molecule has 11 heteroatoms. The fourth-order valence-electron chi connectivity index (χ4n) is 3.80. The van der Waals surface area contributed by atoms with Gasteiger partial charge in [-0.3, -0.25) is 24.3 Å². The van der Waals surface area contributed by atoms with Crippen molar-refractivity contribution in [1.82, 2.24) is 24.6 Å². The average molecular weight is 458 g/mol. The molecule has 3 aromatic heterocycles. The van der Waals surface area contributed by atoms with Crippen molar-refractivity contribution < 1.29 is 14.1 Å². The Bertz CT molecular complexity index is 1590. The van der Waals surface area contributed by atoms with E-state index in [1.807, 2.05) is 42.5 Å². The number of aromatic nitrogens is 4. The summed E-state index contributed by atoms with van der Waals surface area (Å²) in [5.41, 5.74) is 1.20. The predicted molar refractivity (Wildman–Crippen MR) is 123 cm³/mol. The highest BCUT2D eigenvalue weighted by Crippen LogP contribution is 2.19. The van der Waals surface area contributed by atoms with Gasteiger partial charge in [-0.1, -0.05) is 42.5 Å². The summed E-state index contributed by atoms with van der Waals surface area (Å²) in [4.78, 5) is 39.5. The Morgan fingerprint density at radius 2 is 1.91 bits per heavy atom. The van der Waals surface area contributed by atoms with Crippen LogP contribution >= 0.6 is 0 Å². The van der Waals surface area contributed by atoms with Crippen LogP contribution in [0.2, 0.25) is 0 Å². The first kappa shape index (κ1) is 21.1. The van der Waals surface area contributed by atoms with E-state index in [0.29, 0.717) is 17.6 Å². The molecule has 11 nitrogen and oxygen atoms in total. The number of hydrogen-bond donors (Lipinski definition) is 1. The van der Waals surface area contributed by atoms with Crippen molar-refractivity contribution in [3.05, 3.63) is 98.9 Å². The van der Waals surface area contributed by atoms with Crippen LogP contribution in [0.5, 0.6) is 0 Å². The lowest BCUT2D eigenvalue weighted by Gasteiger charge is -2.09. The van der Waals surface area contributed by atoms with E-state index >= 15 is 0 Å². The molecule has 0 spiro atoms. The highest BCUT2D eigenvalue weighted by Gasteiger charge is 2.17. The van der Waals surface area contributed by atoms with E-state index in [-0.39, 0.29) is 24.4 Å². The molecular weight excluding hydrogens is 440 g/mol. The Morgan fingerprint density at radius 1 is 1.09 bits per heavy atom. The van der Waals surface area contributed by atoms with Crippen LogP contribution in [0.1, 0.15) is 16.1 Å². The molecule has 0 aliphatic heterocycles. The second-order valence-electron chi connectivity index (χ2n) is 7.57. The van der Waals surface area contributed by atoms with Crippen molar-refractivity contribution in [3.63, 3.8) is 0 Å². The van der Waals surface area contributed by atoms with E-state index in [9.17, 15) is 19.7 Å². The minimum Gasteiger partial charge on any atom is -0.395 e. The van der Waals surface area contributed by atoms with Crippen LogP contribution in [0.15, 0.2) is 76.3 Å². The average Bonchev–Trinajstić information content (AvgIpc) is 3.49. The summed E-state index contributed by atoms with van der Waals surface area (Å²) in [6.07, 6.45) is 2.95. The lowest BCUT2D eigenvalue weighted by Crippen LogP contribution is -2.27. The minimum atomic E-state index is -0.717. The largest absolute Gasteiger partial charge is 0.433 e. The van der Waals surface area contributed by atoms with Crippen LogP contribution in [-0.2, 0) is 13.1 Å². The smallest absolute Gasteiger partial charge is 0.395 e. The number of hydrogen-bond acceptors (Lipinski definition) is 7. The van der Waals surface area contributed by atoms with Crippen LogP contribution in [0.3, 0.4) is 0 Å². The number of rotatable bonds is 7. The molecule has 1 N–H and O–H groups in total. The van der Waals surface area contributed by atoms with Gasteiger partial charge in [0.1, 0.15) is 16.6 Å². The number of nitro groups is 1. The molecule has 0 unspecified atom stereocenters. The molecule has 0 bridgehead atoms. The zero-order valence-corrected chi connectivity index (χ0v) is 17.7. The predicted octanol–water partition coefficient (Wildman–Crippen LogP) is 2.73. The van der Waals surface area contributed by atoms with Gasteiger partial charge in [-0.2, -0.15) is 5.10 Å². The topological polar surface area (TPSA) is 138 Å². The van der Waals surface area contributed by atoms with Gasteiger partial charge in [0.05, 0.1) is 25.4 Å². The lowest BCUT2D eigenvalue weighted by molar-refractivity contribution is -0.402. The van der Waals surface area contributed by atoms with Gasteiger partial charge in [0.2, 0.25) is 0 Å². The zero-order valence-electron chi connectivity index (χ0n) is 17.7. The maximum atomic E-state index is 13.0. The fourth-order valence-corrected chi connectivity index (χ4v) is 3.80. The standard InChI is InChI=1S/C23H18N6O5/c30-22(19-8-9-20(34-19)29(32)33)24-10-11-28-21-18(12-26-28)23(31)27(14-25-21)13-16-6-3-5-15-4-1-2-7-17(15)16/h1-9,12,14H,10-11,13H2,(H,24,30). The normalized spacial score (nSPS) is 11.2. The molecule has 3 heterocycles. The molecule has 0 saturated heterocycles. The molecule has 0 atom stereocenters. The maximum Gasteiger partial charge on any atom is 0.433 e. The number of carbonyl (C=O) groups is 1. The van der Waals surface area contributed by atoms with Crippen LogP contribution in [0.4, 0.5) is 5.88 Å². The van der Waals surface area contributed by atoms with Gasteiger partial charge in [-0.15, -0.1) is 0 Å². The van der Waals surface area contributed by atoms with Crippen LogP contribution < -0.4 is 10.9 Å². The van der Waals surface area contributed by atoms with Gasteiger partial charge in [-0.05, 0) is 22.4 Å². The summed E-state index contributed by atoms with van der Waals surface area (Å²) < 4.78 is 7.94. The number of fused-ring (bicyclic) bond motifs is 2. The summed E-state index contributed by atoms with van der Waals surface area (Å²) in [5, 5.41) is 20.1. The van der Waals surface area contributed by atoms with Gasteiger partial charge < -0.3 is 9.73 Å². The molecule has 0 fully saturated rings. The fraction of sp³-hybridized carbons (Fsp3) is 0.130. The molecule has 34 heavy (non-hydrogen) atoms. The number of carbonyl (C=O) groups excluding carboxylic acids is 1. The second-order valence-corrected chi connectivity index (χ2v) is 7.57. The van der Waals surface area contributed by atoms with Crippen molar-refractivity contribution in [2.75, 3.05) is 6.54 Å². The molecule has 1 amide bonds. The molecule has 5 rings (SSSR count). The van der Waals surface area contributed by atoms with Crippen molar-refractivity contribution in [2.24, 2.45) is 0 Å². The van der Waals surface area contributed by atoms with Crippen molar-refractivity contribution in [1.29, 1.82) is 0 Å². The quantitative estimate of drug-likeness (QED) is 0.292. The first-order valence-electron chi connectivity index (χ1n) is 10.4. The molecule has 5 aromatic rings. The summed E-state index contributed by atoms with van der Waals surface area (Å²) >= 11 is 0. The third-order valence-corrected chi connectivity index (χ3v) is 5.45. The summed E-state index contributed by atoms with van der Waals surface area (Å²) in [6, 6.07) is 16.3. The number of benzene rings is 2. The van der Waals surface area contributed by atoms with Crippen LogP contribution in [0, 0.1) is 10.1 Å². The SMILES string of the molecule is O=C(NCCn1ncc2c(=O)n(Cc3cccc4ccccc34)cnc21)c1ccc([N+](=O)[O-])o1. The zero-order chi connectivity index (χ0) is 23.7. The summed E-state index contributed by atoms with van der Waals surface area (Å²) in [6.45, 7) is 0.780. The number of nitrogens with one attached hydrogen (secondary N) is 1. The molecule has 0 saturated carbocycles. The second kappa shape index (κ2) is 8.62.